The first kappa shape index (κ1) is 50.4. The lowest BCUT2D eigenvalue weighted by atomic mass is 10.1. The van der Waals surface area contributed by atoms with E-state index in [1.165, 1.54) is 0 Å². The fraction of sp³-hybridized carbons (Fsp3) is 1.00. The molecule has 0 aromatic rings. The molecule has 0 heterocycles. The van der Waals surface area contributed by atoms with Gasteiger partial charge < -0.3 is 63.0 Å². The lowest BCUT2D eigenvalue weighted by Gasteiger charge is -2.21. The fourth-order valence-electron chi connectivity index (χ4n) is 3.51. The number of hydrogen-bond donors (Lipinski definition) is 12. The number of aliphatic hydroxyl groups is 4. The van der Waals surface area contributed by atoms with Gasteiger partial charge in [0.05, 0.1) is 24.4 Å². The molecule has 0 bridgehead atoms. The van der Waals surface area contributed by atoms with Gasteiger partial charge in [0.25, 0.3) is 0 Å². The van der Waals surface area contributed by atoms with Crippen molar-refractivity contribution >= 4 is 0 Å². The van der Waals surface area contributed by atoms with Crippen molar-refractivity contribution in [2.75, 3.05) is 56.4 Å². The maximum atomic E-state index is 9.52. The molecule has 272 valence electrons. The number of aliphatic hydroxyl groups excluding tert-OH is 4. The molecule has 12 unspecified atom stereocenters. The molecule has 0 aromatic heterocycles. The highest BCUT2D eigenvalue weighted by atomic mass is 16.3. The van der Waals surface area contributed by atoms with Gasteiger partial charge in [-0.05, 0) is 137 Å². The first-order valence-electron chi connectivity index (χ1n) is 16.6. The van der Waals surface area contributed by atoms with E-state index in [9.17, 15) is 20.4 Å². The highest BCUT2D eigenvalue weighted by Crippen LogP contribution is 2.03. The van der Waals surface area contributed by atoms with Gasteiger partial charge in [0.15, 0.2) is 0 Å². The topological polar surface area (TPSA) is 177 Å². The van der Waals surface area contributed by atoms with Crippen LogP contribution in [-0.4, -0.2) is 150 Å². The van der Waals surface area contributed by atoms with Crippen molar-refractivity contribution in [3.8, 4) is 0 Å². The van der Waals surface area contributed by atoms with E-state index < -0.39 is 0 Å². The van der Waals surface area contributed by atoms with Gasteiger partial charge in [-0.1, -0.05) is 0 Å². The highest BCUT2D eigenvalue weighted by molar-refractivity contribution is 4.75. The molecule has 0 saturated heterocycles. The summed E-state index contributed by atoms with van der Waals surface area (Å²) in [7, 11) is 15.1. The molecule has 12 heteroatoms. The second-order valence-electron chi connectivity index (χ2n) is 12.3. The molecule has 12 N–H and O–H groups in total. The third kappa shape index (κ3) is 30.2. The van der Waals surface area contributed by atoms with Crippen LogP contribution in [0.2, 0.25) is 0 Å². The predicted molar refractivity (Wildman–Crippen MR) is 191 cm³/mol. The number of hydrogen-bond acceptors (Lipinski definition) is 12. The zero-order valence-corrected chi connectivity index (χ0v) is 31.5. The first-order chi connectivity index (χ1) is 20.5. The zero-order chi connectivity index (χ0) is 35.4. The van der Waals surface area contributed by atoms with E-state index in [1.54, 1.807) is 0 Å². The van der Waals surface area contributed by atoms with Crippen LogP contribution in [-0.2, 0) is 0 Å². The Morgan fingerprint density at radius 2 is 0.432 bits per heavy atom. The van der Waals surface area contributed by atoms with Gasteiger partial charge in [-0.15, -0.1) is 0 Å². The summed E-state index contributed by atoms with van der Waals surface area (Å²) in [5.41, 5.74) is 0. The molecular formula is C32H80N8O4. The molecule has 0 aromatic carbocycles. The molecule has 0 aliphatic rings. The molecule has 0 spiro atoms. The standard InChI is InChI=1S/4C8H20N2O/c4*1-6(9-3)5-8(11)7(2)10-4/h4*6-11H,5H2,1-4H3. The van der Waals surface area contributed by atoms with Crippen molar-refractivity contribution < 1.29 is 20.4 Å². The molecular weight excluding hydrogens is 560 g/mol. The summed E-state index contributed by atoms with van der Waals surface area (Å²) >= 11 is 0. The van der Waals surface area contributed by atoms with E-state index in [-0.39, 0.29) is 48.6 Å². The van der Waals surface area contributed by atoms with Crippen LogP contribution in [0, 0.1) is 0 Å². The van der Waals surface area contributed by atoms with Crippen molar-refractivity contribution in [2.45, 2.75) is 154 Å². The maximum absolute atomic E-state index is 9.52. The van der Waals surface area contributed by atoms with Crippen LogP contribution in [0.4, 0.5) is 0 Å². The average molecular weight is 641 g/mol. The lowest BCUT2D eigenvalue weighted by Crippen LogP contribution is -2.39. The Morgan fingerprint density at radius 3 is 0.523 bits per heavy atom. The van der Waals surface area contributed by atoms with Crippen molar-refractivity contribution in [3.05, 3.63) is 0 Å². The van der Waals surface area contributed by atoms with E-state index in [4.69, 9.17) is 0 Å². The Kier molecular flexibility index (Phi) is 37.2. The number of rotatable bonds is 20. The van der Waals surface area contributed by atoms with E-state index in [0.717, 1.165) is 25.7 Å². The van der Waals surface area contributed by atoms with Crippen molar-refractivity contribution in [1.29, 1.82) is 0 Å². The molecule has 0 aliphatic carbocycles. The van der Waals surface area contributed by atoms with Gasteiger partial charge in [-0.2, -0.15) is 0 Å². The summed E-state index contributed by atoms with van der Waals surface area (Å²) < 4.78 is 0. The second-order valence-corrected chi connectivity index (χ2v) is 12.3. The quantitative estimate of drug-likeness (QED) is 0.0846. The predicted octanol–water partition coefficient (Wildman–Crippen LogP) is -0.187. The Morgan fingerprint density at radius 1 is 0.295 bits per heavy atom. The van der Waals surface area contributed by atoms with Gasteiger partial charge in [-0.25, -0.2) is 0 Å². The zero-order valence-electron chi connectivity index (χ0n) is 31.5. The Bertz CT molecular complexity index is 488. The smallest absolute Gasteiger partial charge is 0.0705 e. The van der Waals surface area contributed by atoms with Crippen molar-refractivity contribution in [1.82, 2.24) is 42.5 Å². The molecule has 0 saturated carbocycles. The van der Waals surface area contributed by atoms with Crippen molar-refractivity contribution in [3.63, 3.8) is 0 Å². The number of nitrogens with one attached hydrogen (secondary N) is 8. The highest BCUT2D eigenvalue weighted by Gasteiger charge is 2.16. The van der Waals surface area contributed by atoms with Crippen LogP contribution in [0.5, 0.6) is 0 Å². The molecule has 44 heavy (non-hydrogen) atoms. The molecule has 0 fully saturated rings. The van der Waals surface area contributed by atoms with Gasteiger partial charge in [0, 0.05) is 48.3 Å². The summed E-state index contributed by atoms with van der Waals surface area (Å²) in [4.78, 5) is 0. The van der Waals surface area contributed by atoms with Gasteiger partial charge in [0.1, 0.15) is 0 Å². The fourth-order valence-corrected chi connectivity index (χ4v) is 3.51. The van der Waals surface area contributed by atoms with E-state index in [0.29, 0.717) is 24.2 Å². The molecule has 12 nitrogen and oxygen atoms in total. The molecule has 0 rings (SSSR count). The first-order valence-corrected chi connectivity index (χ1v) is 16.6. The minimum atomic E-state index is -0.262. The Balaban J connectivity index is -0.000000242. The Labute approximate surface area is 273 Å². The van der Waals surface area contributed by atoms with Gasteiger partial charge in [0.2, 0.25) is 0 Å². The third-order valence-corrected chi connectivity index (χ3v) is 8.48. The molecule has 0 amide bonds. The van der Waals surface area contributed by atoms with Gasteiger partial charge >= 0.3 is 0 Å². The number of likely N-dealkylation sites (N-methyl/N-ethyl adjacent to an activating group) is 4. The van der Waals surface area contributed by atoms with E-state index >= 15 is 0 Å². The van der Waals surface area contributed by atoms with Crippen LogP contribution in [0.15, 0.2) is 0 Å². The van der Waals surface area contributed by atoms with E-state index in [2.05, 4.69) is 70.2 Å². The second kappa shape index (κ2) is 32.5. The monoisotopic (exact) mass is 641 g/mol. The van der Waals surface area contributed by atoms with Crippen LogP contribution in [0.3, 0.4) is 0 Å². The van der Waals surface area contributed by atoms with Crippen LogP contribution >= 0.6 is 0 Å². The van der Waals surface area contributed by atoms with Crippen molar-refractivity contribution in [2.24, 2.45) is 0 Å². The van der Waals surface area contributed by atoms with Crippen LogP contribution in [0.25, 0.3) is 0 Å². The Hall–Kier alpha value is -0.480. The molecule has 0 radical (unpaired) electrons. The minimum absolute atomic E-state index is 0.172. The lowest BCUT2D eigenvalue weighted by molar-refractivity contribution is 0.119. The van der Waals surface area contributed by atoms with Gasteiger partial charge in [-0.3, -0.25) is 0 Å². The van der Waals surface area contributed by atoms with Crippen LogP contribution in [0.1, 0.15) is 81.1 Å². The summed E-state index contributed by atoms with van der Waals surface area (Å²) in [5, 5.41) is 62.5. The summed E-state index contributed by atoms with van der Waals surface area (Å²) in [6.45, 7) is 16.2. The van der Waals surface area contributed by atoms with E-state index in [1.807, 2.05) is 84.1 Å². The largest absolute Gasteiger partial charge is 0.391 e. The normalized spacial score (nSPS) is 19.4. The summed E-state index contributed by atoms with van der Waals surface area (Å²) in [6.07, 6.45) is 2.11. The molecule has 0 aliphatic heterocycles. The summed E-state index contributed by atoms with van der Waals surface area (Å²) in [6, 6.07) is 2.19. The third-order valence-electron chi connectivity index (χ3n) is 8.48. The van der Waals surface area contributed by atoms with Crippen LogP contribution < -0.4 is 42.5 Å². The minimum Gasteiger partial charge on any atom is -0.391 e. The maximum Gasteiger partial charge on any atom is 0.0705 e. The SMILES string of the molecule is CNC(C)CC(O)C(C)NC.CNC(C)CC(O)C(C)NC.CNC(C)CC(O)C(C)NC.CNC(C)CC(O)C(C)NC. The molecule has 12 atom stereocenters. The summed E-state index contributed by atoms with van der Waals surface area (Å²) in [5.74, 6) is 0. The average Bonchev–Trinajstić information content (AvgIpc) is 3.03.